The second-order valence-corrected chi connectivity index (χ2v) is 17.2. The van der Waals surface area contributed by atoms with Gasteiger partial charge in [0, 0.05) is 12.8 Å². The number of fused-ring (bicyclic) bond motifs is 2. The average Bonchev–Trinajstić information content (AvgIpc) is 2.77. The monoisotopic (exact) mass is 412 g/mol. The lowest BCUT2D eigenvalue weighted by atomic mass is 9.76. The zero-order valence-electron chi connectivity index (χ0n) is 19.1. The van der Waals surface area contributed by atoms with E-state index >= 15 is 0 Å². The lowest BCUT2D eigenvalue weighted by Crippen LogP contribution is -2.64. The van der Waals surface area contributed by atoms with Crippen molar-refractivity contribution in [1.29, 1.82) is 0 Å². The van der Waals surface area contributed by atoms with Crippen molar-refractivity contribution >= 4 is 25.3 Å². The van der Waals surface area contributed by atoms with Crippen LogP contribution in [0.15, 0.2) is 12.2 Å². The van der Waals surface area contributed by atoms with E-state index in [1.807, 2.05) is 0 Å². The minimum Gasteiger partial charge on any atom is -0.415 e. The zero-order chi connectivity index (χ0) is 20.9. The molecule has 0 aliphatic carbocycles. The van der Waals surface area contributed by atoms with Crippen LogP contribution >= 0.6 is 0 Å². The molecule has 0 aromatic rings. The van der Waals surface area contributed by atoms with Gasteiger partial charge < -0.3 is 13.6 Å². The molecule has 0 radical (unpaired) electrons. The summed E-state index contributed by atoms with van der Waals surface area (Å²) in [6, 6.07) is 0. The highest BCUT2D eigenvalue weighted by molar-refractivity contribution is 6.32. The largest absolute Gasteiger partial charge is 0.415 e. The maximum atomic E-state index is 12.8. The fourth-order valence-electron chi connectivity index (χ4n) is 3.61. The third kappa shape index (κ3) is 4.83. The van der Waals surface area contributed by atoms with Crippen molar-refractivity contribution in [3.63, 3.8) is 0 Å². The first-order valence-electron chi connectivity index (χ1n) is 10.1. The molecule has 1 fully saturated rings. The molecular formula is C21H40O4Si2. The van der Waals surface area contributed by atoms with Crippen molar-refractivity contribution in [2.24, 2.45) is 0 Å². The molecule has 2 rings (SSSR count). The minimum atomic E-state index is -0.776. The van der Waals surface area contributed by atoms with E-state index in [0.29, 0.717) is 12.8 Å². The molecule has 2 aliphatic rings. The summed E-state index contributed by atoms with van der Waals surface area (Å²) in [6.07, 6.45) is 4.95. The Morgan fingerprint density at radius 3 is 1.41 bits per heavy atom. The summed E-state index contributed by atoms with van der Waals surface area (Å²) >= 11 is 0. The first kappa shape index (κ1) is 23.0. The number of carbonyl (C=O) groups excluding carboxylic acids is 1. The molecule has 0 spiro atoms. The van der Waals surface area contributed by atoms with Gasteiger partial charge in [-0.25, -0.2) is 0 Å². The van der Waals surface area contributed by atoms with E-state index in [1.165, 1.54) is 0 Å². The summed E-state index contributed by atoms with van der Waals surface area (Å²) in [5.41, 5.74) is -2.49. The highest BCUT2D eigenvalue weighted by Crippen LogP contribution is 2.53. The van der Waals surface area contributed by atoms with Gasteiger partial charge in [-0.3, -0.25) is 4.79 Å². The van der Waals surface area contributed by atoms with Crippen LogP contribution in [0.25, 0.3) is 0 Å². The van der Waals surface area contributed by atoms with E-state index in [4.69, 9.17) is 13.6 Å². The van der Waals surface area contributed by atoms with Gasteiger partial charge in [-0.15, -0.1) is 0 Å². The highest BCUT2D eigenvalue weighted by atomic mass is 28.2. The molecule has 156 valence electrons. The third-order valence-corrected chi connectivity index (χ3v) is 9.14. The molecule has 27 heavy (non-hydrogen) atoms. The fourth-order valence-corrected chi connectivity index (χ4v) is 5.69. The SMILES string of the molecule is CC(C)(C)[SiH2]OC(C)(C)C12C=CC(C(C)(C)O[SiH2]C(C)(C)C)(CC(=O)C1)O2. The molecule has 2 bridgehead atoms. The van der Waals surface area contributed by atoms with Gasteiger partial charge in [0.25, 0.3) is 0 Å². The third-order valence-electron chi connectivity index (χ3n) is 5.68. The number of rotatable bonds is 6. The van der Waals surface area contributed by atoms with Crippen molar-refractivity contribution in [3.8, 4) is 0 Å². The number of hydrogen-bond acceptors (Lipinski definition) is 4. The number of carbonyl (C=O) groups is 1. The van der Waals surface area contributed by atoms with Crippen LogP contribution in [-0.4, -0.2) is 47.7 Å². The second-order valence-electron chi connectivity index (χ2n) is 11.8. The quantitative estimate of drug-likeness (QED) is 0.494. The lowest BCUT2D eigenvalue weighted by Gasteiger charge is -2.53. The smallest absolute Gasteiger partial charge is 0.167 e. The summed E-state index contributed by atoms with van der Waals surface area (Å²) in [7, 11) is -1.55. The molecule has 2 atom stereocenters. The van der Waals surface area contributed by atoms with Gasteiger partial charge in [-0.1, -0.05) is 53.7 Å². The van der Waals surface area contributed by atoms with Gasteiger partial charge >= 0.3 is 0 Å². The molecule has 2 heterocycles. The molecule has 1 saturated heterocycles. The van der Waals surface area contributed by atoms with Crippen LogP contribution < -0.4 is 0 Å². The molecule has 0 aromatic carbocycles. The minimum absolute atomic E-state index is 0.187. The van der Waals surface area contributed by atoms with Crippen LogP contribution in [0, 0.1) is 0 Å². The van der Waals surface area contributed by atoms with E-state index in [0.717, 1.165) is 0 Å². The van der Waals surface area contributed by atoms with Crippen LogP contribution in [0.1, 0.15) is 82.1 Å². The Balaban J connectivity index is 2.28. The number of Topliss-reactive ketones (excluding diaryl/α,β-unsaturated/α-hetero) is 1. The van der Waals surface area contributed by atoms with Crippen LogP contribution in [0.2, 0.25) is 10.1 Å². The molecule has 0 N–H and O–H groups in total. The highest BCUT2D eigenvalue weighted by Gasteiger charge is 2.63. The Bertz CT molecular complexity index is 563. The molecule has 6 heteroatoms. The van der Waals surface area contributed by atoms with Crippen molar-refractivity contribution in [1.82, 2.24) is 0 Å². The summed E-state index contributed by atoms with van der Waals surface area (Å²) in [6.45, 7) is 21.6. The maximum Gasteiger partial charge on any atom is 0.167 e. The van der Waals surface area contributed by atoms with Crippen LogP contribution in [-0.2, 0) is 18.4 Å². The van der Waals surface area contributed by atoms with Crippen molar-refractivity contribution in [2.45, 2.75) is 115 Å². The predicted octanol–water partition coefficient (Wildman–Crippen LogP) is 3.61. The summed E-state index contributed by atoms with van der Waals surface area (Å²) in [5, 5.41) is 0.374. The Labute approximate surface area is 170 Å². The number of ketones is 1. The van der Waals surface area contributed by atoms with Crippen molar-refractivity contribution in [2.75, 3.05) is 0 Å². The molecule has 0 saturated carbocycles. The molecule has 0 amide bonds. The lowest BCUT2D eigenvalue weighted by molar-refractivity contribution is -0.231. The predicted molar refractivity (Wildman–Crippen MR) is 117 cm³/mol. The first-order chi connectivity index (χ1) is 11.9. The Morgan fingerprint density at radius 2 is 1.11 bits per heavy atom. The molecule has 2 aliphatic heterocycles. The standard InChI is InChI=1S/C21H40O4Si2/c1-16(2,3)26-24-18(7,8)20-11-12-21(23-20,14-15(22)13-20)19(9,10)25-27-17(4,5)6/h11-12H,13-14,26-27H2,1-10H3. The topological polar surface area (TPSA) is 44.8 Å². The first-order valence-corrected chi connectivity index (χ1v) is 12.7. The van der Waals surface area contributed by atoms with E-state index in [2.05, 4.69) is 81.4 Å². The van der Waals surface area contributed by atoms with Crippen LogP contribution in [0.3, 0.4) is 0 Å². The Kier molecular flexibility index (Phi) is 5.88. The Hall–Kier alpha value is -0.276. The van der Waals surface area contributed by atoms with Crippen LogP contribution in [0.5, 0.6) is 0 Å². The number of ether oxygens (including phenoxy) is 1. The van der Waals surface area contributed by atoms with Gasteiger partial charge in [0.05, 0.1) is 11.2 Å². The van der Waals surface area contributed by atoms with Crippen LogP contribution in [0.4, 0.5) is 0 Å². The number of hydrogen-bond donors (Lipinski definition) is 0. The van der Waals surface area contributed by atoms with Crippen molar-refractivity contribution < 1.29 is 18.4 Å². The van der Waals surface area contributed by atoms with Gasteiger partial charge in [0.2, 0.25) is 0 Å². The normalized spacial score (nSPS) is 30.4. The summed E-state index contributed by atoms with van der Waals surface area (Å²) < 4.78 is 19.7. The second kappa shape index (κ2) is 6.90. The molecule has 2 unspecified atom stereocenters. The van der Waals surface area contributed by atoms with Gasteiger partial charge in [0.15, 0.2) is 19.5 Å². The van der Waals surface area contributed by atoms with Gasteiger partial charge in [-0.2, -0.15) is 0 Å². The molecular weight excluding hydrogens is 372 g/mol. The summed E-state index contributed by atoms with van der Waals surface area (Å²) in [5.74, 6) is 0.231. The molecule has 0 aromatic heterocycles. The Morgan fingerprint density at radius 1 is 0.778 bits per heavy atom. The summed E-state index contributed by atoms with van der Waals surface area (Å²) in [4.78, 5) is 12.8. The maximum absolute atomic E-state index is 12.8. The van der Waals surface area contributed by atoms with E-state index in [1.54, 1.807) is 0 Å². The van der Waals surface area contributed by atoms with E-state index < -0.39 is 41.9 Å². The van der Waals surface area contributed by atoms with Gasteiger partial charge in [-0.05, 0) is 37.8 Å². The van der Waals surface area contributed by atoms with Crippen molar-refractivity contribution in [3.05, 3.63) is 12.2 Å². The van der Waals surface area contributed by atoms with E-state index in [9.17, 15) is 4.79 Å². The zero-order valence-corrected chi connectivity index (χ0v) is 21.9. The van der Waals surface area contributed by atoms with Gasteiger partial charge in [0.1, 0.15) is 17.0 Å². The average molecular weight is 413 g/mol. The fraction of sp³-hybridized carbons (Fsp3) is 0.857. The van der Waals surface area contributed by atoms with E-state index in [-0.39, 0.29) is 15.9 Å². The molecule has 4 nitrogen and oxygen atoms in total.